The molecule has 0 aliphatic rings. The van der Waals surface area contributed by atoms with Gasteiger partial charge < -0.3 is 19.3 Å². The van der Waals surface area contributed by atoms with Gasteiger partial charge in [0, 0.05) is 12.2 Å². The van der Waals surface area contributed by atoms with Crippen molar-refractivity contribution in [2.24, 2.45) is 0 Å². The second-order valence-corrected chi connectivity index (χ2v) is 3.74. The van der Waals surface area contributed by atoms with Crippen LogP contribution in [0.5, 0.6) is 0 Å². The summed E-state index contributed by atoms with van der Waals surface area (Å²) in [4.78, 5) is 38.5. The number of ether oxygens (including phenoxy) is 2. The Bertz CT molecular complexity index is 335. The number of phosphoric ester groups is 1. The minimum atomic E-state index is -4.76. The lowest BCUT2D eigenvalue weighted by atomic mass is 10.6. The Morgan fingerprint density at radius 2 is 1.59 bits per heavy atom. The molecule has 0 spiro atoms. The summed E-state index contributed by atoms with van der Waals surface area (Å²) in [5.41, 5.74) is 0. The van der Waals surface area contributed by atoms with Gasteiger partial charge in [-0.3, -0.25) is 4.52 Å². The first-order valence-corrected chi connectivity index (χ1v) is 5.67. The monoisotopic (exact) mass is 266 g/mol. The molecule has 0 aromatic heterocycles. The predicted octanol–water partition coefficient (Wildman–Crippen LogP) is -0.120. The Hall–Kier alpha value is -1.47. The average molecular weight is 266 g/mol. The van der Waals surface area contributed by atoms with Crippen molar-refractivity contribution in [3.05, 3.63) is 25.3 Å². The molecule has 0 rings (SSSR count). The van der Waals surface area contributed by atoms with Crippen LogP contribution in [0.2, 0.25) is 0 Å². The number of carbonyl (C=O) groups excluding carboxylic acids is 2. The highest BCUT2D eigenvalue weighted by Crippen LogP contribution is 2.35. The SMILES string of the molecule is C=CC(=O)OC(COP(=O)(O)O)OC(=O)C=C. The quantitative estimate of drug-likeness (QED) is 0.283. The molecule has 8 nitrogen and oxygen atoms in total. The lowest BCUT2D eigenvalue weighted by molar-refractivity contribution is -0.186. The van der Waals surface area contributed by atoms with Crippen LogP contribution < -0.4 is 0 Å². The summed E-state index contributed by atoms with van der Waals surface area (Å²) < 4.78 is 23.3. The Kier molecular flexibility index (Phi) is 6.37. The van der Waals surface area contributed by atoms with E-state index in [9.17, 15) is 14.2 Å². The van der Waals surface area contributed by atoms with E-state index < -0.39 is 32.7 Å². The fraction of sp³-hybridized carbons (Fsp3) is 0.250. The van der Waals surface area contributed by atoms with E-state index in [1.165, 1.54) is 0 Å². The summed E-state index contributed by atoms with van der Waals surface area (Å²) in [6.07, 6.45) is -0.0306. The van der Waals surface area contributed by atoms with Crippen molar-refractivity contribution in [3.63, 3.8) is 0 Å². The fourth-order valence-corrected chi connectivity index (χ4v) is 0.921. The third-order valence-electron chi connectivity index (χ3n) is 1.21. The molecule has 0 bridgehead atoms. The standard InChI is InChI=1S/C8H11O8P/c1-3-6(9)15-8(16-7(10)4-2)5-14-17(11,12)13/h3-4,8H,1-2,5H2,(H2,11,12,13). The van der Waals surface area contributed by atoms with E-state index in [4.69, 9.17) is 9.79 Å². The van der Waals surface area contributed by atoms with Gasteiger partial charge in [0.2, 0.25) is 0 Å². The van der Waals surface area contributed by atoms with E-state index in [1.807, 2.05) is 0 Å². The third kappa shape index (κ3) is 8.35. The number of rotatable bonds is 7. The molecule has 0 fully saturated rings. The molecule has 0 unspecified atom stereocenters. The van der Waals surface area contributed by atoms with E-state index in [1.54, 1.807) is 0 Å². The lowest BCUT2D eigenvalue weighted by Crippen LogP contribution is -2.27. The van der Waals surface area contributed by atoms with Gasteiger partial charge in [-0.1, -0.05) is 13.2 Å². The summed E-state index contributed by atoms with van der Waals surface area (Å²) in [6.45, 7) is 5.37. The van der Waals surface area contributed by atoms with Gasteiger partial charge in [0.15, 0.2) is 0 Å². The molecule has 0 radical (unpaired) electrons. The predicted molar refractivity (Wildman–Crippen MR) is 54.4 cm³/mol. The molecular weight excluding hydrogens is 255 g/mol. The Morgan fingerprint density at radius 3 is 1.88 bits per heavy atom. The molecule has 0 amide bonds. The second-order valence-electron chi connectivity index (χ2n) is 2.50. The summed E-state index contributed by atoms with van der Waals surface area (Å²) in [7, 11) is -4.76. The van der Waals surface area contributed by atoms with Crippen LogP contribution in [0.25, 0.3) is 0 Å². The number of hydrogen-bond acceptors (Lipinski definition) is 6. The third-order valence-corrected chi connectivity index (χ3v) is 1.69. The van der Waals surface area contributed by atoms with Gasteiger partial charge >= 0.3 is 19.8 Å². The molecule has 0 aliphatic heterocycles. The minimum absolute atomic E-state index is 0.784. The maximum Gasteiger partial charge on any atom is 0.469 e. The van der Waals surface area contributed by atoms with E-state index in [2.05, 4.69) is 27.2 Å². The Morgan fingerprint density at radius 1 is 1.18 bits per heavy atom. The van der Waals surface area contributed by atoms with Crippen molar-refractivity contribution in [2.45, 2.75) is 6.29 Å². The zero-order valence-corrected chi connectivity index (χ0v) is 9.54. The second kappa shape index (κ2) is 6.97. The van der Waals surface area contributed by atoms with Crippen LogP contribution in [0.15, 0.2) is 25.3 Å². The van der Waals surface area contributed by atoms with Crippen LogP contribution in [0.4, 0.5) is 0 Å². The van der Waals surface area contributed by atoms with Crippen LogP contribution in [-0.2, 0) is 28.2 Å². The molecule has 17 heavy (non-hydrogen) atoms. The first kappa shape index (κ1) is 15.5. The highest BCUT2D eigenvalue weighted by Gasteiger charge is 2.22. The van der Waals surface area contributed by atoms with Crippen molar-refractivity contribution >= 4 is 19.8 Å². The van der Waals surface area contributed by atoms with E-state index in [-0.39, 0.29) is 0 Å². The van der Waals surface area contributed by atoms with Crippen LogP contribution in [0.1, 0.15) is 0 Å². The number of esters is 2. The maximum absolute atomic E-state index is 10.8. The molecule has 0 aromatic rings. The molecule has 9 heteroatoms. The zero-order chi connectivity index (χ0) is 13.5. The molecule has 0 aromatic carbocycles. The minimum Gasteiger partial charge on any atom is -0.419 e. The van der Waals surface area contributed by atoms with E-state index in [0.29, 0.717) is 0 Å². The van der Waals surface area contributed by atoms with Crippen LogP contribution in [-0.4, -0.2) is 34.6 Å². The molecule has 0 aliphatic carbocycles. The van der Waals surface area contributed by atoms with Gasteiger partial charge in [0.25, 0.3) is 6.29 Å². The largest absolute Gasteiger partial charge is 0.469 e. The Balaban J connectivity index is 4.44. The van der Waals surface area contributed by atoms with Crippen molar-refractivity contribution in [2.75, 3.05) is 6.61 Å². The van der Waals surface area contributed by atoms with Crippen LogP contribution in [0.3, 0.4) is 0 Å². The number of carbonyl (C=O) groups is 2. The summed E-state index contributed by atoms with van der Waals surface area (Å²) >= 11 is 0. The lowest BCUT2D eigenvalue weighted by Gasteiger charge is -2.16. The molecular formula is C8H11O8P. The molecule has 0 heterocycles. The molecule has 2 N–H and O–H groups in total. The summed E-state index contributed by atoms with van der Waals surface area (Å²) in [5.74, 6) is -1.89. The van der Waals surface area contributed by atoms with Gasteiger partial charge in [-0.25, -0.2) is 14.2 Å². The van der Waals surface area contributed by atoms with Gasteiger partial charge in [-0.05, 0) is 0 Å². The van der Waals surface area contributed by atoms with E-state index >= 15 is 0 Å². The summed E-state index contributed by atoms with van der Waals surface area (Å²) in [5, 5.41) is 0. The number of phosphoric acid groups is 1. The van der Waals surface area contributed by atoms with E-state index in [0.717, 1.165) is 12.2 Å². The summed E-state index contributed by atoms with van der Waals surface area (Å²) in [6, 6.07) is 0. The maximum atomic E-state index is 10.8. The normalized spacial score (nSPS) is 10.8. The van der Waals surface area contributed by atoms with Crippen LogP contribution in [0, 0.1) is 0 Å². The average Bonchev–Trinajstić information content (AvgIpc) is 2.24. The van der Waals surface area contributed by atoms with Gasteiger partial charge in [0.05, 0.1) is 0 Å². The molecule has 0 saturated heterocycles. The smallest absolute Gasteiger partial charge is 0.419 e. The molecule has 96 valence electrons. The topological polar surface area (TPSA) is 119 Å². The zero-order valence-electron chi connectivity index (χ0n) is 8.64. The van der Waals surface area contributed by atoms with Gasteiger partial charge in [-0.15, -0.1) is 0 Å². The van der Waals surface area contributed by atoms with Crippen LogP contribution >= 0.6 is 7.82 Å². The molecule has 0 saturated carbocycles. The van der Waals surface area contributed by atoms with Crippen molar-refractivity contribution < 1.29 is 37.9 Å². The van der Waals surface area contributed by atoms with Crippen molar-refractivity contribution in [1.29, 1.82) is 0 Å². The first-order valence-electron chi connectivity index (χ1n) is 4.14. The highest BCUT2D eigenvalue weighted by atomic mass is 31.2. The van der Waals surface area contributed by atoms with Crippen molar-refractivity contribution in [1.82, 2.24) is 0 Å². The van der Waals surface area contributed by atoms with Crippen molar-refractivity contribution in [3.8, 4) is 0 Å². The van der Waals surface area contributed by atoms with Gasteiger partial charge in [-0.2, -0.15) is 0 Å². The Labute approximate surface area is 96.7 Å². The van der Waals surface area contributed by atoms with Gasteiger partial charge in [0.1, 0.15) is 6.61 Å². The highest BCUT2D eigenvalue weighted by molar-refractivity contribution is 7.46. The first-order chi connectivity index (χ1) is 7.78. The number of hydrogen-bond donors (Lipinski definition) is 2. The molecule has 0 atom stereocenters. The fourth-order valence-electron chi connectivity index (χ4n) is 0.605.